The minimum atomic E-state index is -4.45. The molecule has 0 radical (unpaired) electrons. The predicted octanol–water partition coefficient (Wildman–Crippen LogP) is 3.56. The second kappa shape index (κ2) is 7.63. The zero-order valence-corrected chi connectivity index (χ0v) is 14.9. The van der Waals surface area contributed by atoms with Crippen molar-refractivity contribution >= 4 is 22.4 Å². The average molecular weight is 385 g/mol. The molecule has 2 heterocycles. The van der Waals surface area contributed by atoms with Crippen LogP contribution >= 0.6 is 11.3 Å². The van der Waals surface area contributed by atoms with Gasteiger partial charge < -0.3 is 4.74 Å². The Morgan fingerprint density at radius 3 is 2.96 bits per heavy atom. The number of hydrogen-bond donors (Lipinski definition) is 1. The lowest BCUT2D eigenvalue weighted by molar-refractivity contribution is -0.137. The number of ether oxygens (including phenoxy) is 1. The van der Waals surface area contributed by atoms with Crippen LogP contribution in [0.15, 0.2) is 24.3 Å². The van der Waals surface area contributed by atoms with Gasteiger partial charge in [0.1, 0.15) is 5.75 Å². The third-order valence-electron chi connectivity index (χ3n) is 4.04. The molecular weight excluding hydrogens is 367 g/mol. The molecule has 2 aromatic rings. The summed E-state index contributed by atoms with van der Waals surface area (Å²) in [6.45, 7) is 4.44. The van der Waals surface area contributed by atoms with Crippen molar-refractivity contribution in [3.8, 4) is 5.75 Å². The molecule has 0 fully saturated rings. The molecule has 0 bridgehead atoms. The van der Waals surface area contributed by atoms with Crippen LogP contribution in [0.4, 0.5) is 18.3 Å². The first-order chi connectivity index (χ1) is 12.3. The molecule has 3 rings (SSSR count). The fraction of sp³-hybridized carbons (Fsp3) is 0.412. The third-order valence-corrected chi connectivity index (χ3v) is 5.03. The maximum atomic E-state index is 12.7. The first kappa shape index (κ1) is 18.7. The summed E-state index contributed by atoms with van der Waals surface area (Å²) in [6, 6.07) is 4.44. The van der Waals surface area contributed by atoms with Gasteiger partial charge in [0.25, 0.3) is 5.91 Å². The van der Waals surface area contributed by atoms with Crippen molar-refractivity contribution in [2.45, 2.75) is 26.1 Å². The molecule has 0 aliphatic carbocycles. The molecule has 0 saturated heterocycles. The smallest absolute Gasteiger partial charge is 0.416 e. The van der Waals surface area contributed by atoms with E-state index in [1.807, 2.05) is 0 Å². The number of aromatic nitrogens is 1. The Kier molecular flexibility index (Phi) is 5.47. The highest BCUT2D eigenvalue weighted by Crippen LogP contribution is 2.31. The first-order valence-electron chi connectivity index (χ1n) is 8.16. The van der Waals surface area contributed by atoms with E-state index in [1.54, 1.807) is 0 Å². The third kappa shape index (κ3) is 4.53. The molecule has 1 aromatic heterocycles. The van der Waals surface area contributed by atoms with Gasteiger partial charge in [0.2, 0.25) is 0 Å². The summed E-state index contributed by atoms with van der Waals surface area (Å²) >= 11 is 1.42. The lowest BCUT2D eigenvalue weighted by Gasteiger charge is -2.23. The summed E-state index contributed by atoms with van der Waals surface area (Å²) in [5.74, 6) is -0.465. The molecule has 0 unspecified atom stereocenters. The van der Waals surface area contributed by atoms with E-state index in [2.05, 4.69) is 22.1 Å². The Bertz CT molecular complexity index is 792. The monoisotopic (exact) mass is 385 g/mol. The van der Waals surface area contributed by atoms with Gasteiger partial charge in [-0.05, 0) is 24.7 Å². The SMILES string of the molecule is CCN1CCc2nc(NC(=O)COc3cccc(C(F)(F)F)c3)sc2C1. The lowest BCUT2D eigenvalue weighted by Crippen LogP contribution is -2.29. The van der Waals surface area contributed by atoms with Crippen molar-refractivity contribution in [1.82, 2.24) is 9.88 Å². The maximum absolute atomic E-state index is 12.7. The van der Waals surface area contributed by atoms with Crippen LogP contribution in [-0.4, -0.2) is 35.5 Å². The Labute approximate surface area is 152 Å². The van der Waals surface area contributed by atoms with Crippen LogP contribution in [0.25, 0.3) is 0 Å². The van der Waals surface area contributed by atoms with Crippen molar-refractivity contribution in [3.63, 3.8) is 0 Å². The number of fused-ring (bicyclic) bond motifs is 1. The number of halogens is 3. The summed E-state index contributed by atoms with van der Waals surface area (Å²) in [6.07, 6.45) is -3.61. The quantitative estimate of drug-likeness (QED) is 0.855. The van der Waals surface area contributed by atoms with Gasteiger partial charge in [-0.1, -0.05) is 13.0 Å². The largest absolute Gasteiger partial charge is 0.484 e. The van der Waals surface area contributed by atoms with E-state index in [-0.39, 0.29) is 12.4 Å². The molecule has 5 nitrogen and oxygen atoms in total. The molecule has 1 amide bonds. The van der Waals surface area contributed by atoms with Gasteiger partial charge in [-0.2, -0.15) is 13.2 Å². The number of anilines is 1. The van der Waals surface area contributed by atoms with E-state index in [4.69, 9.17) is 4.74 Å². The van der Waals surface area contributed by atoms with Crippen LogP contribution in [0.1, 0.15) is 23.1 Å². The minimum Gasteiger partial charge on any atom is -0.484 e. The van der Waals surface area contributed by atoms with E-state index in [1.165, 1.54) is 23.5 Å². The first-order valence-corrected chi connectivity index (χ1v) is 8.97. The second-order valence-corrected chi connectivity index (χ2v) is 6.95. The zero-order chi connectivity index (χ0) is 18.7. The van der Waals surface area contributed by atoms with Crippen LogP contribution in [0.3, 0.4) is 0 Å². The molecule has 26 heavy (non-hydrogen) atoms. The number of likely N-dealkylation sites (N-methyl/N-ethyl adjacent to an activating group) is 1. The number of nitrogens with one attached hydrogen (secondary N) is 1. The number of benzene rings is 1. The summed E-state index contributed by atoms with van der Waals surface area (Å²) in [5, 5.41) is 3.14. The molecule has 0 saturated carbocycles. The number of nitrogens with zero attached hydrogens (tertiary/aromatic N) is 2. The van der Waals surface area contributed by atoms with Gasteiger partial charge in [0.05, 0.1) is 11.3 Å². The molecule has 1 aliphatic rings. The van der Waals surface area contributed by atoms with Gasteiger partial charge in [0, 0.05) is 24.4 Å². The Hall–Kier alpha value is -2.13. The zero-order valence-electron chi connectivity index (χ0n) is 14.1. The maximum Gasteiger partial charge on any atom is 0.416 e. The van der Waals surface area contributed by atoms with Crippen molar-refractivity contribution in [3.05, 3.63) is 40.4 Å². The van der Waals surface area contributed by atoms with Gasteiger partial charge in [-0.3, -0.25) is 15.0 Å². The van der Waals surface area contributed by atoms with Crippen molar-refractivity contribution in [2.24, 2.45) is 0 Å². The van der Waals surface area contributed by atoms with Gasteiger partial charge in [0.15, 0.2) is 11.7 Å². The summed E-state index contributed by atoms with van der Waals surface area (Å²) in [4.78, 5) is 19.8. The molecule has 9 heteroatoms. The van der Waals surface area contributed by atoms with Crippen LogP contribution < -0.4 is 10.1 Å². The normalized spacial score (nSPS) is 14.8. The minimum absolute atomic E-state index is 0.00741. The molecule has 1 aromatic carbocycles. The fourth-order valence-electron chi connectivity index (χ4n) is 2.64. The highest BCUT2D eigenvalue weighted by atomic mass is 32.1. The van der Waals surface area contributed by atoms with Crippen LogP contribution in [-0.2, 0) is 23.9 Å². The Balaban J connectivity index is 1.56. The number of alkyl halides is 3. The molecule has 140 valence electrons. The van der Waals surface area contributed by atoms with E-state index < -0.39 is 17.6 Å². The number of carbonyl (C=O) groups excluding carboxylic acids is 1. The number of hydrogen-bond acceptors (Lipinski definition) is 5. The predicted molar refractivity (Wildman–Crippen MR) is 92.3 cm³/mol. The lowest BCUT2D eigenvalue weighted by atomic mass is 10.2. The number of amides is 1. The van der Waals surface area contributed by atoms with Crippen LogP contribution in [0.2, 0.25) is 0 Å². The molecule has 0 spiro atoms. The fourth-order valence-corrected chi connectivity index (χ4v) is 3.70. The van der Waals surface area contributed by atoms with Gasteiger partial charge in [-0.15, -0.1) is 11.3 Å². The van der Waals surface area contributed by atoms with Crippen molar-refractivity contribution in [2.75, 3.05) is 25.0 Å². The second-order valence-electron chi connectivity index (χ2n) is 5.87. The summed E-state index contributed by atoms with van der Waals surface area (Å²) in [7, 11) is 0. The van der Waals surface area contributed by atoms with Crippen molar-refractivity contribution < 1.29 is 22.7 Å². The summed E-state index contributed by atoms with van der Waals surface area (Å²) in [5.41, 5.74) is 0.178. The van der Waals surface area contributed by atoms with Gasteiger partial charge in [-0.25, -0.2) is 4.98 Å². The van der Waals surface area contributed by atoms with E-state index in [0.717, 1.165) is 48.8 Å². The molecular formula is C17H18F3N3O2S. The molecule has 1 N–H and O–H groups in total. The standard InChI is InChI=1S/C17H18F3N3O2S/c1-2-23-7-6-13-14(9-23)26-16(21-13)22-15(24)10-25-12-5-3-4-11(8-12)17(18,19)20/h3-5,8H,2,6-7,9-10H2,1H3,(H,21,22,24). The molecule has 0 atom stereocenters. The van der Waals surface area contributed by atoms with Crippen LogP contribution in [0.5, 0.6) is 5.75 Å². The summed E-state index contributed by atoms with van der Waals surface area (Å²) < 4.78 is 43.2. The van der Waals surface area contributed by atoms with Crippen molar-refractivity contribution in [1.29, 1.82) is 0 Å². The Morgan fingerprint density at radius 1 is 1.42 bits per heavy atom. The van der Waals surface area contributed by atoms with E-state index >= 15 is 0 Å². The average Bonchev–Trinajstić information content (AvgIpc) is 3.00. The highest BCUT2D eigenvalue weighted by molar-refractivity contribution is 7.15. The van der Waals surface area contributed by atoms with E-state index in [0.29, 0.717) is 5.13 Å². The van der Waals surface area contributed by atoms with Crippen LogP contribution in [0, 0.1) is 0 Å². The highest BCUT2D eigenvalue weighted by Gasteiger charge is 2.30. The van der Waals surface area contributed by atoms with Gasteiger partial charge >= 0.3 is 6.18 Å². The molecule has 1 aliphatic heterocycles. The Morgan fingerprint density at radius 2 is 2.23 bits per heavy atom. The number of thiazole rings is 1. The number of carbonyl (C=O) groups is 1. The number of rotatable bonds is 5. The van der Waals surface area contributed by atoms with E-state index in [9.17, 15) is 18.0 Å². The topological polar surface area (TPSA) is 54.5 Å².